The maximum absolute atomic E-state index is 5.47. The summed E-state index contributed by atoms with van der Waals surface area (Å²) in [6.45, 7) is 2.89. The Morgan fingerprint density at radius 2 is 2.12 bits per heavy atom. The minimum atomic E-state index is 0.791. The zero-order chi connectivity index (χ0) is 11.4. The summed E-state index contributed by atoms with van der Waals surface area (Å²) in [5, 5.41) is 0. The van der Waals surface area contributed by atoms with Gasteiger partial charge in [-0.15, -0.1) is 0 Å². The zero-order valence-corrected chi connectivity index (χ0v) is 9.79. The first kappa shape index (κ1) is 11.1. The first-order chi connectivity index (χ1) is 7.81. The van der Waals surface area contributed by atoms with Gasteiger partial charge in [0, 0.05) is 6.42 Å². The lowest BCUT2D eigenvalue weighted by atomic mass is 10.2. The van der Waals surface area contributed by atoms with Gasteiger partial charge in [0.2, 0.25) is 0 Å². The van der Waals surface area contributed by atoms with Crippen molar-refractivity contribution < 1.29 is 0 Å². The van der Waals surface area contributed by atoms with E-state index in [1.54, 1.807) is 0 Å². The normalized spacial score (nSPS) is 11.1. The fraction of sp³-hybridized carbons (Fsp3) is 0.462. The van der Waals surface area contributed by atoms with Crippen molar-refractivity contribution in [3.63, 3.8) is 0 Å². The number of benzene rings is 1. The molecule has 16 heavy (non-hydrogen) atoms. The molecule has 2 aromatic rings. The van der Waals surface area contributed by atoms with E-state index in [2.05, 4.69) is 35.1 Å². The molecule has 0 fully saturated rings. The third-order valence-corrected chi connectivity index (χ3v) is 2.88. The van der Waals surface area contributed by atoms with Crippen LogP contribution in [0.3, 0.4) is 0 Å². The number of aromatic nitrogens is 2. The molecule has 1 aromatic carbocycles. The monoisotopic (exact) mass is 217 g/mol. The van der Waals surface area contributed by atoms with Gasteiger partial charge < -0.3 is 10.7 Å². The van der Waals surface area contributed by atoms with Gasteiger partial charge in [0.05, 0.1) is 11.0 Å². The van der Waals surface area contributed by atoms with Gasteiger partial charge in [-0.05, 0) is 37.9 Å². The number of unbranched alkanes of at least 4 members (excludes halogenated alkanes) is 2. The Bertz CT molecular complexity index is 459. The molecule has 0 saturated heterocycles. The summed E-state index contributed by atoms with van der Waals surface area (Å²) in [5.74, 6) is 1.10. The van der Waals surface area contributed by atoms with Gasteiger partial charge in [0.1, 0.15) is 5.82 Å². The third kappa shape index (κ3) is 2.42. The van der Waals surface area contributed by atoms with Crippen LogP contribution < -0.4 is 5.73 Å². The van der Waals surface area contributed by atoms with Crippen LogP contribution in [-0.2, 0) is 6.42 Å². The standard InChI is InChI=1S/C13H19N3/c1-10-6-5-7-11-13(10)16-12(15-11)8-3-2-4-9-14/h5-7H,2-4,8-9,14H2,1H3,(H,15,16). The van der Waals surface area contributed by atoms with Gasteiger partial charge in [0.15, 0.2) is 0 Å². The van der Waals surface area contributed by atoms with Crippen molar-refractivity contribution in [2.75, 3.05) is 6.54 Å². The number of hydrogen-bond acceptors (Lipinski definition) is 2. The lowest BCUT2D eigenvalue weighted by Gasteiger charge is -1.95. The van der Waals surface area contributed by atoms with E-state index in [0.29, 0.717) is 0 Å². The van der Waals surface area contributed by atoms with Crippen LogP contribution in [0.15, 0.2) is 18.2 Å². The summed E-state index contributed by atoms with van der Waals surface area (Å²) in [5.41, 5.74) is 8.96. The lowest BCUT2D eigenvalue weighted by Crippen LogP contribution is -1.98. The molecule has 3 N–H and O–H groups in total. The quantitative estimate of drug-likeness (QED) is 0.756. The summed E-state index contributed by atoms with van der Waals surface area (Å²) in [7, 11) is 0. The number of hydrogen-bond donors (Lipinski definition) is 2. The molecule has 0 unspecified atom stereocenters. The zero-order valence-electron chi connectivity index (χ0n) is 9.79. The van der Waals surface area contributed by atoms with E-state index in [4.69, 9.17) is 5.73 Å². The highest BCUT2D eigenvalue weighted by Gasteiger charge is 2.03. The predicted molar refractivity (Wildman–Crippen MR) is 67.4 cm³/mol. The number of nitrogens with one attached hydrogen (secondary N) is 1. The van der Waals surface area contributed by atoms with Crippen LogP contribution in [0.5, 0.6) is 0 Å². The molecule has 0 spiro atoms. The average Bonchev–Trinajstić information content (AvgIpc) is 2.69. The molecule has 3 heteroatoms. The summed E-state index contributed by atoms with van der Waals surface area (Å²) >= 11 is 0. The molecular weight excluding hydrogens is 198 g/mol. The fourth-order valence-electron chi connectivity index (χ4n) is 1.96. The largest absolute Gasteiger partial charge is 0.342 e. The highest BCUT2D eigenvalue weighted by atomic mass is 14.9. The molecule has 1 heterocycles. The second-order valence-corrected chi connectivity index (χ2v) is 4.25. The number of H-pyrrole nitrogens is 1. The molecule has 0 bridgehead atoms. The highest BCUT2D eigenvalue weighted by Crippen LogP contribution is 2.16. The molecular formula is C13H19N3. The van der Waals surface area contributed by atoms with E-state index < -0.39 is 0 Å². The number of nitrogens with zero attached hydrogens (tertiary/aromatic N) is 1. The number of fused-ring (bicyclic) bond motifs is 1. The van der Waals surface area contributed by atoms with E-state index in [-0.39, 0.29) is 0 Å². The van der Waals surface area contributed by atoms with Crippen LogP contribution in [-0.4, -0.2) is 16.5 Å². The van der Waals surface area contributed by atoms with Crippen molar-refractivity contribution in [1.29, 1.82) is 0 Å². The summed E-state index contributed by atoms with van der Waals surface area (Å²) < 4.78 is 0. The second-order valence-electron chi connectivity index (χ2n) is 4.25. The minimum Gasteiger partial charge on any atom is -0.342 e. The lowest BCUT2D eigenvalue weighted by molar-refractivity contribution is 0.674. The molecule has 2 rings (SSSR count). The van der Waals surface area contributed by atoms with Crippen LogP contribution in [0.1, 0.15) is 30.7 Å². The molecule has 0 aliphatic carbocycles. The van der Waals surface area contributed by atoms with Gasteiger partial charge in [-0.2, -0.15) is 0 Å². The maximum Gasteiger partial charge on any atom is 0.107 e. The highest BCUT2D eigenvalue weighted by molar-refractivity contribution is 5.78. The molecule has 0 aliphatic rings. The number of imidazole rings is 1. The van der Waals surface area contributed by atoms with Crippen molar-refractivity contribution >= 4 is 11.0 Å². The van der Waals surface area contributed by atoms with E-state index in [1.165, 1.54) is 12.0 Å². The van der Waals surface area contributed by atoms with Crippen LogP contribution in [0.4, 0.5) is 0 Å². The van der Waals surface area contributed by atoms with Gasteiger partial charge in [-0.1, -0.05) is 18.6 Å². The van der Waals surface area contributed by atoms with Crippen molar-refractivity contribution in [2.24, 2.45) is 5.73 Å². The third-order valence-electron chi connectivity index (χ3n) is 2.88. The van der Waals surface area contributed by atoms with Gasteiger partial charge in [-0.3, -0.25) is 0 Å². The van der Waals surface area contributed by atoms with Crippen LogP contribution in [0.2, 0.25) is 0 Å². The molecule has 0 aliphatic heterocycles. The molecule has 1 aromatic heterocycles. The van der Waals surface area contributed by atoms with E-state index in [0.717, 1.165) is 42.7 Å². The predicted octanol–water partition coefficient (Wildman–Crippen LogP) is 2.54. The summed E-state index contributed by atoms with van der Waals surface area (Å²) in [4.78, 5) is 7.99. The Labute approximate surface area is 96.1 Å². The van der Waals surface area contributed by atoms with Crippen molar-refractivity contribution in [2.45, 2.75) is 32.6 Å². The number of para-hydroxylation sites is 1. The van der Waals surface area contributed by atoms with Crippen LogP contribution in [0.25, 0.3) is 11.0 Å². The SMILES string of the molecule is Cc1cccc2[nH]c(CCCCCN)nc12. The average molecular weight is 217 g/mol. The Balaban J connectivity index is 2.05. The first-order valence-corrected chi connectivity index (χ1v) is 5.95. The molecule has 0 atom stereocenters. The topological polar surface area (TPSA) is 54.7 Å². The number of aromatic amines is 1. The molecule has 0 radical (unpaired) electrons. The van der Waals surface area contributed by atoms with Crippen molar-refractivity contribution in [3.05, 3.63) is 29.6 Å². The molecule has 0 amide bonds. The Kier molecular flexibility index (Phi) is 3.57. The smallest absolute Gasteiger partial charge is 0.107 e. The fourth-order valence-corrected chi connectivity index (χ4v) is 1.96. The van der Waals surface area contributed by atoms with Crippen molar-refractivity contribution in [3.8, 4) is 0 Å². The Hall–Kier alpha value is -1.35. The Morgan fingerprint density at radius 3 is 2.88 bits per heavy atom. The van der Waals surface area contributed by atoms with E-state index >= 15 is 0 Å². The van der Waals surface area contributed by atoms with Gasteiger partial charge in [-0.25, -0.2) is 4.98 Å². The summed E-state index contributed by atoms with van der Waals surface area (Å²) in [6.07, 6.45) is 4.48. The van der Waals surface area contributed by atoms with E-state index in [1.807, 2.05) is 0 Å². The van der Waals surface area contributed by atoms with Crippen LogP contribution >= 0.6 is 0 Å². The van der Waals surface area contributed by atoms with E-state index in [9.17, 15) is 0 Å². The van der Waals surface area contributed by atoms with Crippen molar-refractivity contribution in [1.82, 2.24) is 9.97 Å². The number of nitrogens with two attached hydrogens (primary N) is 1. The molecule has 86 valence electrons. The second kappa shape index (κ2) is 5.12. The Morgan fingerprint density at radius 1 is 1.25 bits per heavy atom. The first-order valence-electron chi connectivity index (χ1n) is 5.95. The number of aryl methyl sites for hydroxylation is 2. The maximum atomic E-state index is 5.47. The van der Waals surface area contributed by atoms with Crippen LogP contribution in [0, 0.1) is 6.92 Å². The number of rotatable bonds is 5. The van der Waals surface area contributed by atoms with Gasteiger partial charge >= 0.3 is 0 Å². The summed E-state index contributed by atoms with van der Waals surface area (Å²) in [6, 6.07) is 6.24. The molecule has 3 nitrogen and oxygen atoms in total. The molecule has 0 saturated carbocycles. The minimum absolute atomic E-state index is 0.791. The van der Waals surface area contributed by atoms with Gasteiger partial charge in [0.25, 0.3) is 0 Å².